The Morgan fingerprint density at radius 1 is 1.16 bits per heavy atom. The van der Waals surface area contributed by atoms with Crippen molar-refractivity contribution < 1.29 is 8.60 Å². The Kier molecular flexibility index (Phi) is 4.45. The van der Waals surface area contributed by atoms with E-state index in [2.05, 4.69) is 0 Å². The Balaban J connectivity index is 2.28. The number of hydrogen-bond acceptors (Lipinski definition) is 2. The molecule has 2 aromatic rings. The highest BCUT2D eigenvalue weighted by molar-refractivity contribution is 7.84. The minimum absolute atomic E-state index is 0.0605. The van der Waals surface area contributed by atoms with Crippen molar-refractivity contribution in [1.29, 1.82) is 0 Å². The van der Waals surface area contributed by atoms with E-state index in [1.54, 1.807) is 24.3 Å². The van der Waals surface area contributed by atoms with Crippen LogP contribution in [0, 0.1) is 5.82 Å². The lowest BCUT2D eigenvalue weighted by Gasteiger charge is -2.07. The highest BCUT2D eigenvalue weighted by Gasteiger charge is 2.14. The molecule has 1 atom stereocenters. The van der Waals surface area contributed by atoms with Gasteiger partial charge in [0.2, 0.25) is 0 Å². The first-order valence-electron chi connectivity index (χ1n) is 5.35. The fraction of sp³-hybridized carbons (Fsp3) is 0.0769. The van der Waals surface area contributed by atoms with Crippen LogP contribution in [-0.2, 0) is 16.6 Å². The number of nitrogen functional groups attached to an aromatic ring is 1. The summed E-state index contributed by atoms with van der Waals surface area (Å²) in [5.41, 5.74) is 6.02. The van der Waals surface area contributed by atoms with Gasteiger partial charge in [0.15, 0.2) is 0 Å². The van der Waals surface area contributed by atoms with E-state index in [1.165, 1.54) is 12.1 Å². The standard InChI is InChI=1S/C13H10Cl2FNOS/c14-9-2-1-3-10(15)13(9)19(18)7-8-4-5-12(17)11(16)6-8/h1-6H,7,17H2. The van der Waals surface area contributed by atoms with Gasteiger partial charge in [0.05, 0.1) is 37.2 Å². The largest absolute Gasteiger partial charge is 0.396 e. The van der Waals surface area contributed by atoms with Gasteiger partial charge >= 0.3 is 0 Å². The second-order valence-electron chi connectivity index (χ2n) is 3.90. The maximum atomic E-state index is 13.3. The fourth-order valence-corrected chi connectivity index (χ4v) is 3.70. The van der Waals surface area contributed by atoms with E-state index < -0.39 is 16.6 Å². The normalized spacial score (nSPS) is 12.4. The van der Waals surface area contributed by atoms with Gasteiger partial charge in [0, 0.05) is 0 Å². The number of hydrogen-bond donors (Lipinski definition) is 1. The Morgan fingerprint density at radius 3 is 2.37 bits per heavy atom. The van der Waals surface area contributed by atoms with Crippen LogP contribution in [0.5, 0.6) is 0 Å². The summed E-state index contributed by atoms with van der Waals surface area (Å²) in [7, 11) is -1.44. The highest BCUT2D eigenvalue weighted by Crippen LogP contribution is 2.29. The van der Waals surface area contributed by atoms with E-state index in [9.17, 15) is 8.60 Å². The van der Waals surface area contributed by atoms with E-state index in [0.29, 0.717) is 20.5 Å². The van der Waals surface area contributed by atoms with Crippen LogP contribution in [0.4, 0.5) is 10.1 Å². The molecule has 0 aliphatic heterocycles. The summed E-state index contributed by atoms with van der Waals surface area (Å²) in [6.07, 6.45) is 0. The first-order valence-corrected chi connectivity index (χ1v) is 7.43. The number of halogens is 3. The van der Waals surface area contributed by atoms with Gasteiger partial charge in [0.25, 0.3) is 0 Å². The predicted molar refractivity (Wildman–Crippen MR) is 77.4 cm³/mol. The molecule has 2 N–H and O–H groups in total. The fourth-order valence-electron chi connectivity index (χ4n) is 1.58. The number of benzene rings is 2. The number of nitrogens with two attached hydrogens (primary N) is 1. The van der Waals surface area contributed by atoms with Crippen molar-refractivity contribution in [1.82, 2.24) is 0 Å². The van der Waals surface area contributed by atoms with Gasteiger partial charge in [-0.05, 0) is 29.8 Å². The van der Waals surface area contributed by atoms with Crippen LogP contribution in [0.3, 0.4) is 0 Å². The molecule has 0 spiro atoms. The van der Waals surface area contributed by atoms with Crippen molar-refractivity contribution in [3.05, 3.63) is 57.8 Å². The minimum atomic E-state index is -1.44. The van der Waals surface area contributed by atoms with Crippen LogP contribution in [0.2, 0.25) is 10.0 Å². The average Bonchev–Trinajstić information content (AvgIpc) is 2.33. The molecule has 2 aromatic carbocycles. The van der Waals surface area contributed by atoms with Gasteiger partial charge in [-0.15, -0.1) is 0 Å². The molecule has 0 radical (unpaired) electrons. The maximum Gasteiger partial charge on any atom is 0.146 e. The van der Waals surface area contributed by atoms with E-state index >= 15 is 0 Å². The third-order valence-corrected chi connectivity index (χ3v) is 4.85. The maximum absolute atomic E-state index is 13.3. The summed E-state index contributed by atoms with van der Waals surface area (Å²) in [4.78, 5) is 0.364. The van der Waals surface area contributed by atoms with Crippen molar-refractivity contribution in [2.45, 2.75) is 10.6 Å². The van der Waals surface area contributed by atoms with Gasteiger partial charge in [-0.3, -0.25) is 4.21 Å². The van der Waals surface area contributed by atoms with Gasteiger partial charge in [0.1, 0.15) is 5.82 Å². The van der Waals surface area contributed by atoms with Crippen molar-refractivity contribution in [2.75, 3.05) is 5.73 Å². The van der Waals surface area contributed by atoms with E-state index in [0.717, 1.165) is 0 Å². The molecule has 0 aliphatic carbocycles. The van der Waals surface area contributed by atoms with Crippen LogP contribution in [0.15, 0.2) is 41.3 Å². The molecule has 100 valence electrons. The first kappa shape index (κ1) is 14.3. The minimum Gasteiger partial charge on any atom is -0.396 e. The number of rotatable bonds is 3. The summed E-state index contributed by atoms with van der Waals surface area (Å²) in [5.74, 6) is -0.402. The van der Waals surface area contributed by atoms with Crippen LogP contribution >= 0.6 is 23.2 Å². The summed E-state index contributed by atoms with van der Waals surface area (Å²) < 4.78 is 25.6. The summed E-state index contributed by atoms with van der Waals surface area (Å²) in [6.45, 7) is 0. The monoisotopic (exact) mass is 317 g/mol. The summed E-state index contributed by atoms with van der Waals surface area (Å²) in [5, 5.41) is 0.670. The molecule has 19 heavy (non-hydrogen) atoms. The second kappa shape index (κ2) is 5.90. The Labute approximate surface area is 122 Å². The smallest absolute Gasteiger partial charge is 0.146 e. The molecular formula is C13H10Cl2FNOS. The van der Waals surface area contributed by atoms with Gasteiger partial charge in [-0.25, -0.2) is 4.39 Å². The molecule has 0 aliphatic rings. The molecule has 1 unspecified atom stereocenters. The lowest BCUT2D eigenvalue weighted by molar-refractivity contribution is 0.631. The lowest BCUT2D eigenvalue weighted by atomic mass is 10.2. The molecule has 2 nitrogen and oxygen atoms in total. The van der Waals surface area contributed by atoms with Crippen LogP contribution in [0.1, 0.15) is 5.56 Å². The molecular weight excluding hydrogens is 308 g/mol. The Bertz CT molecular complexity index is 628. The Morgan fingerprint density at radius 2 is 1.79 bits per heavy atom. The van der Waals surface area contributed by atoms with Crippen molar-refractivity contribution in [2.24, 2.45) is 0 Å². The zero-order valence-corrected chi connectivity index (χ0v) is 12.0. The molecule has 0 aromatic heterocycles. The lowest BCUT2D eigenvalue weighted by Crippen LogP contribution is -2.00. The zero-order chi connectivity index (χ0) is 14.0. The van der Waals surface area contributed by atoms with Gasteiger partial charge in [-0.2, -0.15) is 0 Å². The van der Waals surface area contributed by atoms with E-state index in [1.807, 2.05) is 0 Å². The molecule has 0 fully saturated rings. The van der Waals surface area contributed by atoms with Crippen LogP contribution in [-0.4, -0.2) is 4.21 Å². The number of anilines is 1. The van der Waals surface area contributed by atoms with Crippen molar-refractivity contribution in [3.63, 3.8) is 0 Å². The second-order valence-corrected chi connectivity index (χ2v) is 6.10. The third-order valence-electron chi connectivity index (χ3n) is 2.51. The third kappa shape index (κ3) is 3.26. The quantitative estimate of drug-likeness (QED) is 0.869. The van der Waals surface area contributed by atoms with Crippen LogP contribution < -0.4 is 5.73 Å². The molecule has 0 amide bonds. The molecule has 0 heterocycles. The predicted octanol–water partition coefficient (Wildman–Crippen LogP) is 4.02. The molecule has 0 bridgehead atoms. The summed E-state index contributed by atoms with van der Waals surface area (Å²) >= 11 is 12.0. The molecule has 0 saturated carbocycles. The molecule has 6 heteroatoms. The van der Waals surface area contributed by atoms with Gasteiger partial charge in [-0.1, -0.05) is 35.3 Å². The van der Waals surface area contributed by atoms with E-state index in [-0.39, 0.29) is 11.4 Å². The first-order chi connectivity index (χ1) is 8.99. The van der Waals surface area contributed by atoms with Crippen molar-refractivity contribution >= 4 is 39.7 Å². The summed E-state index contributed by atoms with van der Waals surface area (Å²) in [6, 6.07) is 9.23. The van der Waals surface area contributed by atoms with E-state index in [4.69, 9.17) is 28.9 Å². The SMILES string of the molecule is Nc1ccc(CS(=O)c2c(Cl)cccc2Cl)cc1F. The topological polar surface area (TPSA) is 43.1 Å². The average molecular weight is 318 g/mol. The van der Waals surface area contributed by atoms with Crippen molar-refractivity contribution in [3.8, 4) is 0 Å². The molecule has 0 saturated heterocycles. The molecule has 2 rings (SSSR count). The van der Waals surface area contributed by atoms with Gasteiger partial charge < -0.3 is 5.73 Å². The zero-order valence-electron chi connectivity index (χ0n) is 9.70. The Hall–Kier alpha value is -1.10. The van der Waals surface area contributed by atoms with Crippen LogP contribution in [0.25, 0.3) is 0 Å². The highest BCUT2D eigenvalue weighted by atomic mass is 35.5.